The van der Waals surface area contributed by atoms with Crippen molar-refractivity contribution in [2.45, 2.75) is 0 Å². The Morgan fingerprint density at radius 3 is 3.12 bits per heavy atom. The lowest BCUT2D eigenvalue weighted by molar-refractivity contribution is 0.301. The number of hydrogen-bond donors (Lipinski definition) is 3. The van der Waals surface area contributed by atoms with Crippen LogP contribution < -0.4 is 10.6 Å². The minimum atomic E-state index is 0.0545. The summed E-state index contributed by atoms with van der Waals surface area (Å²) in [6.07, 6.45) is 1.80. The standard InChI is InChI=1S/C11H14N4OS/c1-15-10-4-2-3-9(8(10)7-13-15)14-11(17)12-5-6-16/h2-4,7,16H,5-6H2,1H3,(H2,12,14,17). The molecule has 1 heterocycles. The third-order valence-corrected chi connectivity index (χ3v) is 2.68. The van der Waals surface area contributed by atoms with Crippen LogP contribution in [0.15, 0.2) is 24.4 Å². The summed E-state index contributed by atoms with van der Waals surface area (Å²) in [5.74, 6) is 0. The average Bonchev–Trinajstić information content (AvgIpc) is 2.70. The fourth-order valence-electron chi connectivity index (χ4n) is 1.62. The summed E-state index contributed by atoms with van der Waals surface area (Å²) in [6, 6.07) is 5.88. The second kappa shape index (κ2) is 5.11. The molecule has 0 saturated heterocycles. The van der Waals surface area contributed by atoms with Crippen LogP contribution in [0.2, 0.25) is 0 Å². The quantitative estimate of drug-likeness (QED) is 0.705. The number of thiocarbonyl (C=S) groups is 1. The van der Waals surface area contributed by atoms with Crippen LogP contribution in [-0.4, -0.2) is 33.2 Å². The Morgan fingerprint density at radius 1 is 1.53 bits per heavy atom. The Hall–Kier alpha value is -1.66. The first-order chi connectivity index (χ1) is 8.22. The summed E-state index contributed by atoms with van der Waals surface area (Å²) < 4.78 is 1.81. The van der Waals surface area contributed by atoms with Gasteiger partial charge in [-0.25, -0.2) is 0 Å². The maximum absolute atomic E-state index is 8.69. The molecule has 1 aromatic carbocycles. The number of anilines is 1. The molecule has 1 aromatic heterocycles. The zero-order valence-electron chi connectivity index (χ0n) is 9.47. The molecular weight excluding hydrogens is 236 g/mol. The third kappa shape index (κ3) is 2.54. The van der Waals surface area contributed by atoms with Crippen molar-refractivity contribution in [2.24, 2.45) is 7.05 Å². The zero-order chi connectivity index (χ0) is 12.3. The number of rotatable bonds is 3. The number of fused-ring (bicyclic) bond motifs is 1. The van der Waals surface area contributed by atoms with Gasteiger partial charge in [0.1, 0.15) is 0 Å². The first kappa shape index (κ1) is 11.8. The minimum Gasteiger partial charge on any atom is -0.395 e. The number of aliphatic hydroxyl groups is 1. The van der Waals surface area contributed by atoms with Crippen molar-refractivity contribution in [1.82, 2.24) is 15.1 Å². The predicted molar refractivity (Wildman–Crippen MR) is 72.0 cm³/mol. The van der Waals surface area contributed by atoms with Crippen molar-refractivity contribution in [2.75, 3.05) is 18.5 Å². The molecule has 0 aliphatic carbocycles. The summed E-state index contributed by atoms with van der Waals surface area (Å²) in [7, 11) is 1.90. The van der Waals surface area contributed by atoms with Crippen LogP contribution in [0.25, 0.3) is 10.9 Å². The van der Waals surface area contributed by atoms with Crippen molar-refractivity contribution in [3.63, 3.8) is 0 Å². The van der Waals surface area contributed by atoms with Gasteiger partial charge in [0.25, 0.3) is 0 Å². The molecule has 2 rings (SSSR count). The van der Waals surface area contributed by atoms with E-state index in [9.17, 15) is 0 Å². The molecule has 0 saturated carbocycles. The molecule has 0 bridgehead atoms. The van der Waals surface area contributed by atoms with Crippen LogP contribution in [0.5, 0.6) is 0 Å². The van der Waals surface area contributed by atoms with E-state index < -0.39 is 0 Å². The van der Waals surface area contributed by atoms with Gasteiger partial charge >= 0.3 is 0 Å². The highest BCUT2D eigenvalue weighted by Crippen LogP contribution is 2.22. The lowest BCUT2D eigenvalue weighted by atomic mass is 10.2. The van der Waals surface area contributed by atoms with Gasteiger partial charge in [-0.15, -0.1) is 0 Å². The molecule has 0 radical (unpaired) electrons. The maximum Gasteiger partial charge on any atom is 0.170 e. The highest BCUT2D eigenvalue weighted by molar-refractivity contribution is 7.80. The highest BCUT2D eigenvalue weighted by Gasteiger charge is 2.05. The van der Waals surface area contributed by atoms with Crippen LogP contribution in [-0.2, 0) is 7.05 Å². The minimum absolute atomic E-state index is 0.0545. The van der Waals surface area contributed by atoms with Crippen LogP contribution in [0, 0.1) is 0 Å². The first-order valence-electron chi connectivity index (χ1n) is 5.29. The number of aryl methyl sites for hydroxylation is 1. The average molecular weight is 250 g/mol. The molecule has 17 heavy (non-hydrogen) atoms. The van der Waals surface area contributed by atoms with Crippen molar-refractivity contribution >= 4 is 33.9 Å². The normalized spacial score (nSPS) is 10.5. The fraction of sp³-hybridized carbons (Fsp3) is 0.273. The number of hydrogen-bond acceptors (Lipinski definition) is 3. The van der Waals surface area contributed by atoms with E-state index in [0.717, 1.165) is 16.6 Å². The number of aromatic nitrogens is 2. The lowest BCUT2D eigenvalue weighted by Gasteiger charge is -2.10. The smallest absolute Gasteiger partial charge is 0.170 e. The molecule has 0 amide bonds. The van der Waals surface area contributed by atoms with Crippen molar-refractivity contribution in [3.05, 3.63) is 24.4 Å². The maximum atomic E-state index is 8.69. The summed E-state index contributed by atoms with van der Waals surface area (Å²) in [5, 5.41) is 20.4. The van der Waals surface area contributed by atoms with Gasteiger partial charge in [0.05, 0.1) is 24.0 Å². The molecule has 0 aliphatic heterocycles. The Bertz CT molecular complexity index is 537. The van der Waals surface area contributed by atoms with E-state index in [1.807, 2.05) is 29.9 Å². The van der Waals surface area contributed by atoms with Crippen LogP contribution >= 0.6 is 12.2 Å². The Kier molecular flexibility index (Phi) is 3.55. The van der Waals surface area contributed by atoms with Gasteiger partial charge in [0.15, 0.2) is 5.11 Å². The Morgan fingerprint density at radius 2 is 2.35 bits per heavy atom. The van der Waals surface area contributed by atoms with E-state index in [4.69, 9.17) is 17.3 Å². The molecular formula is C11H14N4OS. The molecule has 90 valence electrons. The Labute approximate surface area is 104 Å². The number of aliphatic hydroxyl groups excluding tert-OH is 1. The van der Waals surface area contributed by atoms with E-state index in [1.54, 1.807) is 6.20 Å². The van der Waals surface area contributed by atoms with E-state index in [0.29, 0.717) is 11.7 Å². The van der Waals surface area contributed by atoms with Gasteiger partial charge in [0.2, 0.25) is 0 Å². The van der Waals surface area contributed by atoms with Crippen molar-refractivity contribution in [1.29, 1.82) is 0 Å². The third-order valence-electron chi connectivity index (χ3n) is 2.44. The first-order valence-corrected chi connectivity index (χ1v) is 5.69. The van der Waals surface area contributed by atoms with E-state index >= 15 is 0 Å². The molecule has 0 aliphatic rings. The van der Waals surface area contributed by atoms with Crippen LogP contribution in [0.3, 0.4) is 0 Å². The fourth-order valence-corrected chi connectivity index (χ4v) is 1.83. The summed E-state index contributed by atoms with van der Waals surface area (Å²) in [6.45, 7) is 0.494. The number of nitrogens with one attached hydrogen (secondary N) is 2. The van der Waals surface area contributed by atoms with Gasteiger partial charge in [-0.05, 0) is 24.4 Å². The Balaban J connectivity index is 2.21. The topological polar surface area (TPSA) is 62.1 Å². The largest absolute Gasteiger partial charge is 0.395 e. The summed E-state index contributed by atoms with van der Waals surface area (Å²) >= 11 is 5.11. The molecule has 0 spiro atoms. The van der Waals surface area contributed by atoms with Crippen molar-refractivity contribution < 1.29 is 5.11 Å². The van der Waals surface area contributed by atoms with Crippen LogP contribution in [0.4, 0.5) is 5.69 Å². The molecule has 0 fully saturated rings. The zero-order valence-corrected chi connectivity index (χ0v) is 10.3. The van der Waals surface area contributed by atoms with Gasteiger partial charge < -0.3 is 15.7 Å². The number of nitrogens with zero attached hydrogens (tertiary/aromatic N) is 2. The van der Waals surface area contributed by atoms with Gasteiger partial charge in [-0.1, -0.05) is 6.07 Å². The van der Waals surface area contributed by atoms with Crippen molar-refractivity contribution in [3.8, 4) is 0 Å². The molecule has 6 heteroatoms. The second-order valence-electron chi connectivity index (χ2n) is 3.61. The monoisotopic (exact) mass is 250 g/mol. The van der Waals surface area contributed by atoms with Gasteiger partial charge in [-0.2, -0.15) is 5.10 Å². The SMILES string of the molecule is Cn1ncc2c(NC(=S)NCCO)cccc21. The van der Waals surface area contributed by atoms with Crippen LogP contribution in [0.1, 0.15) is 0 Å². The predicted octanol–water partition coefficient (Wildman–Crippen LogP) is 0.852. The molecule has 5 nitrogen and oxygen atoms in total. The molecule has 0 atom stereocenters. The second-order valence-corrected chi connectivity index (χ2v) is 4.02. The summed E-state index contributed by atoms with van der Waals surface area (Å²) in [5.41, 5.74) is 1.95. The van der Waals surface area contributed by atoms with Gasteiger partial charge in [-0.3, -0.25) is 4.68 Å². The van der Waals surface area contributed by atoms with E-state index in [1.165, 1.54) is 0 Å². The summed E-state index contributed by atoms with van der Waals surface area (Å²) in [4.78, 5) is 0. The lowest BCUT2D eigenvalue weighted by Crippen LogP contribution is -2.30. The number of benzene rings is 1. The highest BCUT2D eigenvalue weighted by atomic mass is 32.1. The van der Waals surface area contributed by atoms with E-state index in [-0.39, 0.29) is 6.61 Å². The van der Waals surface area contributed by atoms with Gasteiger partial charge in [0, 0.05) is 19.0 Å². The molecule has 0 unspecified atom stereocenters. The molecule has 3 N–H and O–H groups in total. The van der Waals surface area contributed by atoms with E-state index in [2.05, 4.69) is 15.7 Å². The molecule has 2 aromatic rings.